The normalized spacial score (nSPS) is 17.1. The van der Waals surface area contributed by atoms with E-state index in [4.69, 9.17) is 14.5 Å². The first-order valence-corrected chi connectivity index (χ1v) is 17.8. The van der Waals surface area contributed by atoms with Crippen LogP contribution < -0.4 is 10.2 Å². The standard InChI is InChI=1S/C33H45N7O3S/c1-33(2,3)43-32(41)39(4)25-11-14-40(15-12-25)30-10-6-9-27(38-30)31(34)26-20-28(24-8-7-13-35-21-24)36-22-29(26)37-23-42-16-17-44(5)18-19-44/h6-10,13,20-22,25,34,37H,11-12,14-19,23H2,1-5H3. The van der Waals surface area contributed by atoms with E-state index in [1.54, 1.807) is 23.5 Å². The lowest BCUT2D eigenvalue weighted by atomic mass is 10.0. The van der Waals surface area contributed by atoms with Crippen LogP contribution in [0.15, 0.2) is 55.0 Å². The lowest BCUT2D eigenvalue weighted by molar-refractivity contribution is 0.0201. The highest BCUT2D eigenvalue weighted by molar-refractivity contribution is 8.38. The number of aromatic nitrogens is 3. The fourth-order valence-electron chi connectivity index (χ4n) is 5.12. The molecule has 2 saturated heterocycles. The highest BCUT2D eigenvalue weighted by atomic mass is 32.3. The van der Waals surface area contributed by atoms with Crippen LogP contribution in [0.4, 0.5) is 16.3 Å². The lowest BCUT2D eigenvalue weighted by Gasteiger charge is -2.37. The minimum Gasteiger partial charge on any atom is -0.444 e. The second kappa shape index (κ2) is 13.5. The fourth-order valence-corrected chi connectivity index (χ4v) is 7.19. The number of hydrogen-bond acceptors (Lipinski definition) is 9. The van der Waals surface area contributed by atoms with Crippen molar-refractivity contribution in [1.29, 1.82) is 5.41 Å². The molecule has 1 amide bonds. The zero-order valence-electron chi connectivity index (χ0n) is 26.5. The minimum absolute atomic E-state index is 0.106. The first-order valence-electron chi connectivity index (χ1n) is 15.2. The van der Waals surface area contributed by atoms with Crippen LogP contribution in [0.5, 0.6) is 0 Å². The topological polar surface area (TPSA) is 117 Å². The van der Waals surface area contributed by atoms with E-state index < -0.39 is 5.60 Å². The number of pyridine rings is 3. The molecule has 236 valence electrons. The molecule has 3 aromatic rings. The summed E-state index contributed by atoms with van der Waals surface area (Å²) < 4.78 is 11.5. The number of carbonyl (C=O) groups excluding carboxylic acids is 1. The molecule has 0 aromatic carbocycles. The highest BCUT2D eigenvalue weighted by Gasteiger charge is 2.31. The Bertz CT molecular complexity index is 1450. The van der Waals surface area contributed by atoms with Gasteiger partial charge in [0, 0.05) is 55.5 Å². The van der Waals surface area contributed by atoms with Gasteiger partial charge in [-0.1, -0.05) is 6.07 Å². The van der Waals surface area contributed by atoms with Gasteiger partial charge >= 0.3 is 6.09 Å². The van der Waals surface area contributed by atoms with Gasteiger partial charge in [0.2, 0.25) is 0 Å². The third-order valence-corrected chi connectivity index (χ3v) is 11.1. The summed E-state index contributed by atoms with van der Waals surface area (Å²) in [5.41, 5.74) is 3.40. The van der Waals surface area contributed by atoms with Crippen LogP contribution in [-0.2, 0) is 9.47 Å². The van der Waals surface area contributed by atoms with E-state index in [-0.39, 0.29) is 22.2 Å². The van der Waals surface area contributed by atoms with Crippen molar-refractivity contribution in [1.82, 2.24) is 19.9 Å². The van der Waals surface area contributed by atoms with Gasteiger partial charge in [-0.2, -0.15) is 0 Å². The molecule has 0 spiro atoms. The van der Waals surface area contributed by atoms with Crippen LogP contribution in [0, 0.1) is 5.41 Å². The van der Waals surface area contributed by atoms with E-state index in [9.17, 15) is 10.2 Å². The summed E-state index contributed by atoms with van der Waals surface area (Å²) in [4.78, 5) is 30.3. The molecular formula is C33H45N7O3S. The summed E-state index contributed by atoms with van der Waals surface area (Å²) in [5, 5.41) is 12.6. The molecule has 10 nitrogen and oxygen atoms in total. The Hall–Kier alpha value is -3.70. The second-order valence-corrected chi connectivity index (χ2v) is 16.9. The van der Waals surface area contributed by atoms with Crippen LogP contribution in [0.3, 0.4) is 0 Å². The van der Waals surface area contributed by atoms with Crippen LogP contribution in [0.2, 0.25) is 0 Å². The first kappa shape index (κ1) is 31.7. The van der Waals surface area contributed by atoms with Crippen molar-refractivity contribution in [3.05, 3.63) is 66.2 Å². The first-order chi connectivity index (χ1) is 21.0. The number of nitrogens with one attached hydrogen (secondary N) is 2. The Morgan fingerprint density at radius 3 is 2.61 bits per heavy atom. The fraction of sp³-hybridized carbons (Fsp3) is 0.485. The van der Waals surface area contributed by atoms with Crippen LogP contribution in [0.1, 0.15) is 44.9 Å². The number of carbonyl (C=O) groups is 1. The third kappa shape index (κ3) is 8.26. The summed E-state index contributed by atoms with van der Waals surface area (Å²) in [7, 11) is 1.43. The molecule has 11 heteroatoms. The van der Waals surface area contributed by atoms with Crippen molar-refractivity contribution in [2.75, 3.05) is 67.2 Å². The van der Waals surface area contributed by atoms with E-state index in [2.05, 4.69) is 26.4 Å². The zero-order chi connectivity index (χ0) is 31.3. The summed E-state index contributed by atoms with van der Waals surface area (Å²) in [5.74, 6) is 4.68. The van der Waals surface area contributed by atoms with E-state index >= 15 is 0 Å². The van der Waals surface area contributed by atoms with E-state index in [1.165, 1.54) is 11.5 Å². The minimum atomic E-state index is -0.522. The van der Waals surface area contributed by atoms with Gasteiger partial charge in [0.05, 0.1) is 35.6 Å². The second-order valence-electron chi connectivity index (χ2n) is 12.7. The smallest absolute Gasteiger partial charge is 0.410 e. The summed E-state index contributed by atoms with van der Waals surface area (Å²) in [6, 6.07) is 11.7. The quantitative estimate of drug-likeness (QED) is 0.123. The zero-order valence-corrected chi connectivity index (χ0v) is 27.3. The Balaban J connectivity index is 1.28. The molecule has 5 rings (SSSR count). The number of piperidine rings is 1. The molecule has 2 fully saturated rings. The maximum Gasteiger partial charge on any atom is 0.410 e. The molecule has 0 aliphatic carbocycles. The van der Waals surface area contributed by atoms with Crippen molar-refractivity contribution < 1.29 is 14.3 Å². The van der Waals surface area contributed by atoms with E-state index in [0.717, 1.165) is 61.1 Å². The molecule has 2 aliphatic rings. The Morgan fingerprint density at radius 2 is 1.93 bits per heavy atom. The molecule has 0 bridgehead atoms. The van der Waals surface area contributed by atoms with Gasteiger partial charge in [0.15, 0.2) is 0 Å². The maximum atomic E-state index is 12.6. The molecular weight excluding hydrogens is 574 g/mol. The Morgan fingerprint density at radius 1 is 1.16 bits per heavy atom. The number of amides is 1. The van der Waals surface area contributed by atoms with Crippen LogP contribution in [-0.4, -0.2) is 100 Å². The number of ether oxygens (including phenoxy) is 2. The SMILES string of the molecule is CN(C(=O)OC(C)(C)C)C1CCN(c2cccc(C(=N)c3cc(-c4cccnc4)ncc3NCOCCS3(C)CC3)n2)CC1. The van der Waals surface area contributed by atoms with Crippen molar-refractivity contribution >= 4 is 33.3 Å². The molecule has 0 radical (unpaired) electrons. The van der Waals surface area contributed by atoms with Gasteiger partial charge in [0.25, 0.3) is 0 Å². The van der Waals surface area contributed by atoms with E-state index in [0.29, 0.717) is 23.7 Å². The van der Waals surface area contributed by atoms with Crippen molar-refractivity contribution in [2.24, 2.45) is 0 Å². The van der Waals surface area contributed by atoms with Gasteiger partial charge in [-0.25, -0.2) is 19.8 Å². The predicted octanol–water partition coefficient (Wildman–Crippen LogP) is 5.62. The third-order valence-electron chi connectivity index (χ3n) is 8.13. The molecule has 0 saturated carbocycles. The lowest BCUT2D eigenvalue weighted by Crippen LogP contribution is -2.47. The van der Waals surface area contributed by atoms with Crippen LogP contribution >= 0.6 is 10.0 Å². The van der Waals surface area contributed by atoms with Crippen molar-refractivity contribution in [2.45, 2.75) is 45.3 Å². The van der Waals surface area contributed by atoms with Gasteiger partial charge < -0.3 is 24.6 Å². The summed E-state index contributed by atoms with van der Waals surface area (Å²) in [6.07, 6.45) is 8.99. The van der Waals surface area contributed by atoms with Gasteiger partial charge in [-0.3, -0.25) is 15.4 Å². The average Bonchev–Trinajstić information content (AvgIpc) is 3.76. The summed E-state index contributed by atoms with van der Waals surface area (Å²) in [6.45, 7) is 8.25. The molecule has 2 aliphatic heterocycles. The Kier molecular flexibility index (Phi) is 9.75. The molecule has 3 aromatic heterocycles. The predicted molar refractivity (Wildman–Crippen MR) is 179 cm³/mol. The van der Waals surface area contributed by atoms with Gasteiger partial charge in [0.1, 0.15) is 18.1 Å². The molecule has 0 atom stereocenters. The van der Waals surface area contributed by atoms with Crippen molar-refractivity contribution in [3.63, 3.8) is 0 Å². The molecule has 0 unspecified atom stereocenters. The Labute approximate surface area is 262 Å². The van der Waals surface area contributed by atoms with Gasteiger partial charge in [-0.05, 0) is 81.7 Å². The number of rotatable bonds is 11. The van der Waals surface area contributed by atoms with E-state index in [1.807, 2.05) is 64.2 Å². The highest BCUT2D eigenvalue weighted by Crippen LogP contribution is 2.57. The maximum absolute atomic E-state index is 12.6. The van der Waals surface area contributed by atoms with Gasteiger partial charge in [-0.15, -0.1) is 0 Å². The number of anilines is 2. The van der Waals surface area contributed by atoms with Crippen LogP contribution in [0.25, 0.3) is 11.3 Å². The monoisotopic (exact) mass is 619 g/mol. The average molecular weight is 620 g/mol. The van der Waals surface area contributed by atoms with Crippen molar-refractivity contribution in [3.8, 4) is 11.3 Å². The molecule has 5 heterocycles. The summed E-state index contributed by atoms with van der Waals surface area (Å²) >= 11 is 0. The molecule has 44 heavy (non-hydrogen) atoms. The largest absolute Gasteiger partial charge is 0.444 e. The number of nitrogens with zero attached hydrogens (tertiary/aromatic N) is 5. The molecule has 2 N–H and O–H groups in total. The number of hydrogen-bond donors (Lipinski definition) is 2.